The van der Waals surface area contributed by atoms with Crippen molar-refractivity contribution in [3.8, 4) is 0 Å². The van der Waals surface area contributed by atoms with Gasteiger partial charge in [-0.25, -0.2) is 8.42 Å². The Morgan fingerprint density at radius 1 is 1.16 bits per heavy atom. The van der Waals surface area contributed by atoms with Crippen molar-refractivity contribution in [1.82, 2.24) is 9.62 Å². The van der Waals surface area contributed by atoms with Crippen LogP contribution in [0.2, 0.25) is 10.0 Å². The van der Waals surface area contributed by atoms with Gasteiger partial charge in [0.2, 0.25) is 10.0 Å². The van der Waals surface area contributed by atoms with Crippen LogP contribution in [0.1, 0.15) is 36.0 Å². The Morgan fingerprint density at radius 2 is 1.80 bits per heavy atom. The summed E-state index contributed by atoms with van der Waals surface area (Å²) in [5.41, 5.74) is 0.202. The fourth-order valence-corrected chi connectivity index (χ4v) is 5.34. The molecular formula is C16H20Cl2N2O4S. The number of carbonyl (C=O) groups excluding carboxylic acids is 1. The molecule has 0 spiro atoms. The number of sulfonamides is 1. The van der Waals surface area contributed by atoms with E-state index in [0.29, 0.717) is 13.2 Å². The van der Waals surface area contributed by atoms with Gasteiger partial charge in [0.1, 0.15) is 4.90 Å². The van der Waals surface area contributed by atoms with Crippen molar-refractivity contribution in [1.29, 1.82) is 0 Å². The molecular weight excluding hydrogens is 387 g/mol. The first-order valence-electron chi connectivity index (χ1n) is 8.27. The van der Waals surface area contributed by atoms with Crippen LogP contribution in [0.5, 0.6) is 0 Å². The summed E-state index contributed by atoms with van der Waals surface area (Å²) in [6, 6.07) is 2.84. The average molecular weight is 407 g/mol. The molecule has 1 aromatic carbocycles. The molecule has 1 amide bonds. The molecule has 25 heavy (non-hydrogen) atoms. The van der Waals surface area contributed by atoms with Crippen LogP contribution in [-0.2, 0) is 14.8 Å². The van der Waals surface area contributed by atoms with E-state index in [2.05, 4.69) is 5.32 Å². The highest BCUT2D eigenvalue weighted by Gasteiger charge is 2.30. The number of amides is 1. The van der Waals surface area contributed by atoms with Gasteiger partial charge in [-0.3, -0.25) is 4.79 Å². The maximum absolute atomic E-state index is 12.9. The van der Waals surface area contributed by atoms with Crippen LogP contribution >= 0.6 is 23.2 Å². The number of hydrogen-bond donors (Lipinski definition) is 1. The van der Waals surface area contributed by atoms with Crippen molar-refractivity contribution in [2.45, 2.75) is 36.6 Å². The average Bonchev–Trinajstić information content (AvgIpc) is 3.10. The first-order valence-corrected chi connectivity index (χ1v) is 10.5. The molecule has 0 aromatic heterocycles. The van der Waals surface area contributed by atoms with E-state index < -0.39 is 10.0 Å². The Labute approximate surface area is 157 Å². The number of morpholine rings is 1. The number of ether oxygens (including phenoxy) is 1. The van der Waals surface area contributed by atoms with Crippen LogP contribution in [0.15, 0.2) is 17.0 Å². The summed E-state index contributed by atoms with van der Waals surface area (Å²) >= 11 is 12.2. The Bertz CT molecular complexity index is 758. The minimum atomic E-state index is -3.84. The second-order valence-electron chi connectivity index (χ2n) is 6.24. The zero-order valence-electron chi connectivity index (χ0n) is 13.6. The van der Waals surface area contributed by atoms with Gasteiger partial charge >= 0.3 is 0 Å². The summed E-state index contributed by atoms with van der Waals surface area (Å²) in [6.45, 7) is 1.14. The van der Waals surface area contributed by atoms with Gasteiger partial charge in [-0.1, -0.05) is 36.0 Å². The molecule has 1 saturated heterocycles. The van der Waals surface area contributed by atoms with Gasteiger partial charge in [0.05, 0.1) is 23.3 Å². The van der Waals surface area contributed by atoms with Crippen LogP contribution in [-0.4, -0.2) is 51.0 Å². The zero-order valence-corrected chi connectivity index (χ0v) is 16.0. The monoisotopic (exact) mass is 406 g/mol. The number of carbonyl (C=O) groups is 1. The van der Waals surface area contributed by atoms with Crippen LogP contribution in [0.3, 0.4) is 0 Å². The van der Waals surface area contributed by atoms with E-state index in [-0.39, 0.29) is 45.5 Å². The quantitative estimate of drug-likeness (QED) is 0.833. The third kappa shape index (κ3) is 4.11. The molecule has 1 saturated carbocycles. The van der Waals surface area contributed by atoms with Crippen molar-refractivity contribution in [2.75, 3.05) is 26.3 Å². The minimum Gasteiger partial charge on any atom is -0.379 e. The number of benzene rings is 1. The Kier molecular flexibility index (Phi) is 5.90. The van der Waals surface area contributed by atoms with Crippen LogP contribution in [0.4, 0.5) is 0 Å². The molecule has 1 aromatic rings. The lowest BCUT2D eigenvalue weighted by atomic mass is 10.2. The molecule has 1 aliphatic heterocycles. The maximum Gasteiger partial charge on any atom is 0.251 e. The highest BCUT2D eigenvalue weighted by molar-refractivity contribution is 7.89. The molecule has 2 aliphatic rings. The number of hydrogen-bond acceptors (Lipinski definition) is 4. The van der Waals surface area contributed by atoms with E-state index in [1.165, 1.54) is 16.4 Å². The van der Waals surface area contributed by atoms with Gasteiger partial charge in [0.25, 0.3) is 5.91 Å². The third-order valence-electron chi connectivity index (χ3n) is 4.54. The lowest BCUT2D eigenvalue weighted by Crippen LogP contribution is -2.40. The molecule has 1 aliphatic carbocycles. The van der Waals surface area contributed by atoms with Crippen molar-refractivity contribution in [3.63, 3.8) is 0 Å². The number of halogens is 2. The van der Waals surface area contributed by atoms with Gasteiger partial charge in [0, 0.05) is 24.7 Å². The summed E-state index contributed by atoms with van der Waals surface area (Å²) < 4.78 is 32.2. The summed E-state index contributed by atoms with van der Waals surface area (Å²) in [4.78, 5) is 12.3. The smallest absolute Gasteiger partial charge is 0.251 e. The topological polar surface area (TPSA) is 75.7 Å². The fourth-order valence-electron chi connectivity index (χ4n) is 3.15. The third-order valence-corrected chi connectivity index (χ3v) is 7.37. The van der Waals surface area contributed by atoms with Crippen LogP contribution < -0.4 is 5.32 Å². The highest BCUT2D eigenvalue weighted by atomic mass is 35.5. The van der Waals surface area contributed by atoms with E-state index in [1.807, 2.05) is 0 Å². The predicted molar refractivity (Wildman–Crippen MR) is 95.8 cm³/mol. The Hall–Kier alpha value is -0.860. The molecule has 0 bridgehead atoms. The summed E-state index contributed by atoms with van der Waals surface area (Å²) in [6.07, 6.45) is 4.05. The summed E-state index contributed by atoms with van der Waals surface area (Å²) in [5, 5.41) is 2.92. The minimum absolute atomic E-state index is 0.0487. The SMILES string of the molecule is O=C(NC1CCCC1)c1cc(Cl)c(Cl)c(S(=O)(=O)N2CCOCC2)c1. The standard InChI is InChI=1S/C16H20Cl2N2O4S/c17-13-9-11(16(21)19-12-3-1-2-4-12)10-14(15(13)18)25(22,23)20-5-7-24-8-6-20/h9-10,12H,1-8H2,(H,19,21). The van der Waals surface area contributed by atoms with Crippen LogP contribution in [0.25, 0.3) is 0 Å². The highest BCUT2D eigenvalue weighted by Crippen LogP contribution is 2.33. The lowest BCUT2D eigenvalue weighted by molar-refractivity contribution is 0.0730. The molecule has 0 radical (unpaired) electrons. The van der Waals surface area contributed by atoms with Gasteiger partial charge in [-0.05, 0) is 25.0 Å². The molecule has 6 nitrogen and oxygen atoms in total. The molecule has 3 rings (SSSR count). The van der Waals surface area contributed by atoms with Gasteiger partial charge in [0.15, 0.2) is 0 Å². The molecule has 0 atom stereocenters. The first kappa shape index (κ1) is 18.9. The Morgan fingerprint density at radius 3 is 2.44 bits per heavy atom. The summed E-state index contributed by atoms with van der Waals surface area (Å²) in [5.74, 6) is -0.330. The number of nitrogens with one attached hydrogen (secondary N) is 1. The van der Waals surface area contributed by atoms with E-state index >= 15 is 0 Å². The largest absolute Gasteiger partial charge is 0.379 e. The maximum atomic E-state index is 12.9. The molecule has 0 unspecified atom stereocenters. The first-order chi connectivity index (χ1) is 11.9. The van der Waals surface area contributed by atoms with Crippen LogP contribution in [0, 0.1) is 0 Å². The molecule has 138 valence electrons. The predicted octanol–water partition coefficient (Wildman–Crippen LogP) is 2.69. The molecule has 9 heteroatoms. The zero-order chi connectivity index (χ0) is 18.0. The number of nitrogens with zero attached hydrogens (tertiary/aromatic N) is 1. The van der Waals surface area contributed by atoms with E-state index in [0.717, 1.165) is 25.7 Å². The van der Waals surface area contributed by atoms with Crippen molar-refractivity contribution < 1.29 is 17.9 Å². The molecule has 2 fully saturated rings. The van der Waals surface area contributed by atoms with Crippen molar-refractivity contribution in [2.24, 2.45) is 0 Å². The lowest BCUT2D eigenvalue weighted by Gasteiger charge is -2.26. The van der Waals surface area contributed by atoms with Crippen molar-refractivity contribution in [3.05, 3.63) is 27.7 Å². The van der Waals surface area contributed by atoms with E-state index in [1.54, 1.807) is 0 Å². The van der Waals surface area contributed by atoms with Gasteiger partial charge in [-0.15, -0.1) is 0 Å². The summed E-state index contributed by atoms with van der Waals surface area (Å²) in [7, 11) is -3.84. The van der Waals surface area contributed by atoms with Gasteiger partial charge in [-0.2, -0.15) is 4.31 Å². The number of rotatable bonds is 4. The van der Waals surface area contributed by atoms with Crippen molar-refractivity contribution >= 4 is 39.1 Å². The fraction of sp³-hybridized carbons (Fsp3) is 0.562. The molecule has 1 heterocycles. The second kappa shape index (κ2) is 7.80. The molecule has 1 N–H and O–H groups in total. The van der Waals surface area contributed by atoms with Gasteiger partial charge < -0.3 is 10.1 Å². The Balaban J connectivity index is 1.90. The normalized spacial score (nSPS) is 19.9. The van der Waals surface area contributed by atoms with E-state index in [4.69, 9.17) is 27.9 Å². The second-order valence-corrected chi connectivity index (χ2v) is 8.93. The van der Waals surface area contributed by atoms with E-state index in [9.17, 15) is 13.2 Å².